The molecular weight excluding hydrogens is 304 g/mol. The van der Waals surface area contributed by atoms with E-state index in [2.05, 4.69) is 26.1 Å². The van der Waals surface area contributed by atoms with Crippen LogP contribution < -0.4 is 0 Å². The molecule has 1 saturated heterocycles. The minimum atomic E-state index is -0.0137. The van der Waals surface area contributed by atoms with Crippen LogP contribution in [0.15, 0.2) is 59.4 Å². The predicted molar refractivity (Wildman–Crippen MR) is 87.9 cm³/mol. The van der Waals surface area contributed by atoms with E-state index in [9.17, 15) is 0 Å². The van der Waals surface area contributed by atoms with Crippen molar-refractivity contribution in [2.75, 3.05) is 19.8 Å². The first-order valence-electron chi connectivity index (χ1n) is 8.00. The van der Waals surface area contributed by atoms with E-state index in [0.29, 0.717) is 24.9 Å². The van der Waals surface area contributed by atoms with Crippen molar-refractivity contribution in [3.63, 3.8) is 0 Å². The van der Waals surface area contributed by atoms with Crippen molar-refractivity contribution in [3.8, 4) is 11.5 Å². The van der Waals surface area contributed by atoms with Crippen LogP contribution in [0, 0.1) is 0 Å². The Balaban J connectivity index is 1.56. The van der Waals surface area contributed by atoms with E-state index in [0.717, 1.165) is 24.2 Å². The molecule has 0 saturated carbocycles. The molecule has 6 heteroatoms. The number of nitrogens with zero attached hydrogens (tertiary/aromatic N) is 4. The van der Waals surface area contributed by atoms with Crippen LogP contribution in [0.3, 0.4) is 0 Å². The maximum Gasteiger partial charge on any atom is 0.257 e. The SMILES string of the molecule is c1ccc(-c2nc([C@@H]3COCCN3Cc3cccnc3)no2)cc1. The van der Waals surface area contributed by atoms with Gasteiger partial charge >= 0.3 is 0 Å². The average molecular weight is 322 g/mol. The molecule has 1 fully saturated rings. The third-order valence-corrected chi connectivity index (χ3v) is 4.11. The summed E-state index contributed by atoms with van der Waals surface area (Å²) in [5.74, 6) is 1.20. The van der Waals surface area contributed by atoms with Gasteiger partial charge < -0.3 is 9.26 Å². The fraction of sp³-hybridized carbons (Fsp3) is 0.278. The summed E-state index contributed by atoms with van der Waals surface area (Å²) in [6.45, 7) is 2.89. The average Bonchev–Trinajstić information content (AvgIpc) is 3.14. The fourth-order valence-corrected chi connectivity index (χ4v) is 2.86. The van der Waals surface area contributed by atoms with Crippen LogP contribution >= 0.6 is 0 Å². The molecule has 0 N–H and O–H groups in total. The van der Waals surface area contributed by atoms with Crippen LogP contribution in [-0.4, -0.2) is 39.8 Å². The maximum atomic E-state index is 5.64. The van der Waals surface area contributed by atoms with E-state index in [1.807, 2.05) is 42.6 Å². The molecule has 6 nitrogen and oxygen atoms in total. The van der Waals surface area contributed by atoms with Crippen molar-refractivity contribution in [3.05, 3.63) is 66.2 Å². The fourth-order valence-electron chi connectivity index (χ4n) is 2.86. The van der Waals surface area contributed by atoms with Crippen molar-refractivity contribution >= 4 is 0 Å². The van der Waals surface area contributed by atoms with Gasteiger partial charge in [0.2, 0.25) is 0 Å². The Bertz CT molecular complexity index is 776. The van der Waals surface area contributed by atoms with Gasteiger partial charge in [0.25, 0.3) is 5.89 Å². The van der Waals surface area contributed by atoms with Crippen molar-refractivity contribution in [2.45, 2.75) is 12.6 Å². The smallest absolute Gasteiger partial charge is 0.257 e. The number of ether oxygens (including phenoxy) is 1. The third-order valence-electron chi connectivity index (χ3n) is 4.11. The second kappa shape index (κ2) is 6.90. The summed E-state index contributed by atoms with van der Waals surface area (Å²) in [5.41, 5.74) is 2.09. The molecule has 1 aromatic carbocycles. The summed E-state index contributed by atoms with van der Waals surface area (Å²) in [7, 11) is 0. The molecule has 3 heterocycles. The molecule has 24 heavy (non-hydrogen) atoms. The molecule has 4 rings (SSSR count). The summed E-state index contributed by atoms with van der Waals surface area (Å²) < 4.78 is 11.1. The third kappa shape index (κ3) is 3.20. The molecule has 2 aromatic heterocycles. The lowest BCUT2D eigenvalue weighted by atomic mass is 10.1. The Hall–Kier alpha value is -2.57. The molecule has 3 aromatic rings. The normalized spacial score (nSPS) is 18.6. The van der Waals surface area contributed by atoms with Gasteiger partial charge in [-0.25, -0.2) is 0 Å². The summed E-state index contributed by atoms with van der Waals surface area (Å²) >= 11 is 0. The van der Waals surface area contributed by atoms with Crippen LogP contribution in [0.25, 0.3) is 11.5 Å². The second-order valence-electron chi connectivity index (χ2n) is 5.75. The van der Waals surface area contributed by atoms with Crippen LogP contribution in [0.2, 0.25) is 0 Å². The van der Waals surface area contributed by atoms with E-state index in [1.54, 1.807) is 6.20 Å². The lowest BCUT2D eigenvalue weighted by molar-refractivity contribution is -0.0166. The highest BCUT2D eigenvalue weighted by molar-refractivity contribution is 5.52. The van der Waals surface area contributed by atoms with Crippen LogP contribution in [-0.2, 0) is 11.3 Å². The van der Waals surface area contributed by atoms with Crippen LogP contribution in [0.1, 0.15) is 17.4 Å². The zero-order valence-corrected chi connectivity index (χ0v) is 13.2. The molecule has 0 amide bonds. The van der Waals surface area contributed by atoms with Gasteiger partial charge in [-0.2, -0.15) is 4.98 Å². The summed E-state index contributed by atoms with van der Waals surface area (Å²) in [5, 5.41) is 4.18. The highest BCUT2D eigenvalue weighted by Gasteiger charge is 2.29. The molecule has 0 bridgehead atoms. The van der Waals surface area contributed by atoms with Gasteiger partial charge in [-0.1, -0.05) is 29.4 Å². The number of hydrogen-bond donors (Lipinski definition) is 0. The minimum absolute atomic E-state index is 0.0137. The van der Waals surface area contributed by atoms with Gasteiger partial charge in [0.15, 0.2) is 5.82 Å². The first-order valence-corrected chi connectivity index (χ1v) is 8.00. The van der Waals surface area contributed by atoms with E-state index < -0.39 is 0 Å². The van der Waals surface area contributed by atoms with Crippen LogP contribution in [0.4, 0.5) is 0 Å². The van der Waals surface area contributed by atoms with Gasteiger partial charge in [0.1, 0.15) is 0 Å². The predicted octanol–water partition coefficient (Wildman–Crippen LogP) is 2.71. The van der Waals surface area contributed by atoms with Gasteiger partial charge in [0.05, 0.1) is 19.3 Å². The highest BCUT2D eigenvalue weighted by atomic mass is 16.5. The maximum absolute atomic E-state index is 5.64. The summed E-state index contributed by atoms with van der Waals surface area (Å²) in [4.78, 5) is 11.1. The first-order chi connectivity index (χ1) is 11.9. The monoisotopic (exact) mass is 322 g/mol. The molecule has 122 valence electrons. The van der Waals surface area contributed by atoms with Gasteiger partial charge in [-0.15, -0.1) is 0 Å². The lowest BCUT2D eigenvalue weighted by Crippen LogP contribution is -2.39. The largest absolute Gasteiger partial charge is 0.378 e. The molecule has 0 radical (unpaired) electrons. The van der Waals surface area contributed by atoms with Crippen molar-refractivity contribution in [1.82, 2.24) is 20.0 Å². The zero-order valence-electron chi connectivity index (χ0n) is 13.2. The molecular formula is C18H18N4O2. The standard InChI is InChI=1S/C18H18N4O2/c1-2-6-15(7-3-1)18-20-17(21-24-18)16-13-23-10-9-22(16)12-14-5-4-8-19-11-14/h1-8,11,16H,9-10,12-13H2/t16-/m0/s1. The topological polar surface area (TPSA) is 64.3 Å². The molecule has 1 aliphatic rings. The van der Waals surface area contributed by atoms with E-state index in [4.69, 9.17) is 9.26 Å². The van der Waals surface area contributed by atoms with Crippen molar-refractivity contribution in [2.24, 2.45) is 0 Å². The van der Waals surface area contributed by atoms with E-state index in [1.165, 1.54) is 0 Å². The zero-order chi connectivity index (χ0) is 16.2. The molecule has 0 spiro atoms. The Morgan fingerprint density at radius 2 is 2.04 bits per heavy atom. The Kier molecular flexibility index (Phi) is 4.31. The lowest BCUT2D eigenvalue weighted by Gasteiger charge is -2.33. The quantitative estimate of drug-likeness (QED) is 0.736. The Labute approximate surface area is 140 Å². The number of pyridine rings is 1. The molecule has 0 aliphatic carbocycles. The number of rotatable bonds is 4. The van der Waals surface area contributed by atoms with Crippen molar-refractivity contribution in [1.29, 1.82) is 0 Å². The van der Waals surface area contributed by atoms with Gasteiger partial charge in [-0.3, -0.25) is 9.88 Å². The summed E-state index contributed by atoms with van der Waals surface area (Å²) in [6, 6.07) is 13.8. The number of morpholine rings is 1. The van der Waals surface area contributed by atoms with Gasteiger partial charge in [-0.05, 0) is 23.8 Å². The Morgan fingerprint density at radius 1 is 1.12 bits per heavy atom. The van der Waals surface area contributed by atoms with Gasteiger partial charge in [0, 0.05) is 31.0 Å². The van der Waals surface area contributed by atoms with E-state index >= 15 is 0 Å². The highest BCUT2D eigenvalue weighted by Crippen LogP contribution is 2.26. The summed E-state index contributed by atoms with van der Waals surface area (Å²) in [6.07, 6.45) is 3.67. The molecule has 0 unspecified atom stereocenters. The van der Waals surface area contributed by atoms with E-state index in [-0.39, 0.29) is 6.04 Å². The molecule has 1 aliphatic heterocycles. The second-order valence-corrected chi connectivity index (χ2v) is 5.75. The number of aromatic nitrogens is 3. The van der Waals surface area contributed by atoms with Crippen molar-refractivity contribution < 1.29 is 9.26 Å². The Morgan fingerprint density at radius 3 is 2.88 bits per heavy atom. The number of hydrogen-bond acceptors (Lipinski definition) is 6. The first kappa shape index (κ1) is 15.0. The minimum Gasteiger partial charge on any atom is -0.378 e. The number of benzene rings is 1. The van der Waals surface area contributed by atoms with Crippen LogP contribution in [0.5, 0.6) is 0 Å². The molecule has 1 atom stereocenters.